The number of rotatable bonds is 5. The van der Waals surface area contributed by atoms with Gasteiger partial charge in [0.1, 0.15) is 0 Å². The van der Waals surface area contributed by atoms with Crippen molar-refractivity contribution in [3.63, 3.8) is 0 Å². The number of para-hydroxylation sites is 2. The summed E-state index contributed by atoms with van der Waals surface area (Å²) in [6, 6.07) is 12.3. The van der Waals surface area contributed by atoms with E-state index in [2.05, 4.69) is 48.6 Å². The zero-order chi connectivity index (χ0) is 17.9. The van der Waals surface area contributed by atoms with Crippen LogP contribution in [0.4, 0.5) is 0 Å². The van der Waals surface area contributed by atoms with E-state index in [1.165, 1.54) is 8.66 Å². The first-order chi connectivity index (χ1) is 12.7. The minimum Gasteiger partial charge on any atom is -0.340 e. The number of carbonyl (C=O) groups excluding carboxylic acids is 1. The molecule has 1 amide bonds. The number of thiophene rings is 1. The van der Waals surface area contributed by atoms with E-state index in [9.17, 15) is 4.79 Å². The van der Waals surface area contributed by atoms with Gasteiger partial charge >= 0.3 is 0 Å². The second-order valence-corrected chi connectivity index (χ2v) is 9.09. The third-order valence-electron chi connectivity index (χ3n) is 4.83. The molecule has 0 aliphatic carbocycles. The molecule has 0 bridgehead atoms. The molecule has 7 heteroatoms. The van der Waals surface area contributed by atoms with Crippen molar-refractivity contribution in [2.24, 2.45) is 0 Å². The molecule has 3 heterocycles. The average molecular weight is 433 g/mol. The number of aromatic nitrogens is 2. The van der Waals surface area contributed by atoms with Crippen molar-refractivity contribution < 1.29 is 4.79 Å². The quantitative estimate of drug-likeness (QED) is 0.618. The van der Waals surface area contributed by atoms with E-state index in [-0.39, 0.29) is 5.91 Å². The first-order valence-electron chi connectivity index (χ1n) is 8.83. The second kappa shape index (κ2) is 7.90. The van der Waals surface area contributed by atoms with E-state index in [4.69, 9.17) is 0 Å². The molecule has 1 aromatic carbocycles. The van der Waals surface area contributed by atoms with Gasteiger partial charge in [-0.3, -0.25) is 9.69 Å². The average Bonchev–Trinajstić information content (AvgIpc) is 3.26. The molecule has 0 radical (unpaired) electrons. The number of hydrogen-bond acceptors (Lipinski definition) is 4. The van der Waals surface area contributed by atoms with Crippen LogP contribution in [-0.4, -0.2) is 51.4 Å². The number of hydrogen-bond donors (Lipinski definition) is 0. The summed E-state index contributed by atoms with van der Waals surface area (Å²) in [5, 5.41) is 0. The lowest BCUT2D eigenvalue weighted by Gasteiger charge is -2.34. The van der Waals surface area contributed by atoms with Gasteiger partial charge in [0, 0.05) is 50.6 Å². The summed E-state index contributed by atoms with van der Waals surface area (Å²) in [4.78, 5) is 22.7. The molecule has 0 saturated carbocycles. The maximum absolute atomic E-state index is 12.6. The second-order valence-electron chi connectivity index (χ2n) is 6.54. The Bertz CT molecular complexity index is 898. The molecule has 0 atom stereocenters. The van der Waals surface area contributed by atoms with Gasteiger partial charge in [0.25, 0.3) is 0 Å². The lowest BCUT2D eigenvalue weighted by molar-refractivity contribution is -0.133. The number of aryl methyl sites for hydroxylation is 1. The van der Waals surface area contributed by atoms with Crippen molar-refractivity contribution in [3.05, 3.63) is 51.4 Å². The zero-order valence-electron chi connectivity index (χ0n) is 14.5. The molecule has 3 aromatic rings. The predicted octanol–water partition coefficient (Wildman–Crippen LogP) is 3.59. The standard InChI is InChI=1S/C19H21BrN4OS/c20-18-6-5-15(26-18)13-22-9-11-23(12-10-22)19(25)7-8-24-14-21-16-3-1-2-4-17(16)24/h1-6,14H,7-13H2. The van der Waals surface area contributed by atoms with Gasteiger partial charge in [-0.15, -0.1) is 11.3 Å². The van der Waals surface area contributed by atoms with Crippen LogP contribution in [0.3, 0.4) is 0 Å². The van der Waals surface area contributed by atoms with Crippen LogP contribution in [0.5, 0.6) is 0 Å². The van der Waals surface area contributed by atoms with E-state index < -0.39 is 0 Å². The fourth-order valence-corrected chi connectivity index (χ4v) is 4.90. The molecule has 4 rings (SSSR count). The molecule has 1 saturated heterocycles. The van der Waals surface area contributed by atoms with E-state index >= 15 is 0 Å². The highest BCUT2D eigenvalue weighted by Gasteiger charge is 2.21. The zero-order valence-corrected chi connectivity index (χ0v) is 16.9. The van der Waals surface area contributed by atoms with Gasteiger partial charge in [-0.25, -0.2) is 4.98 Å². The van der Waals surface area contributed by atoms with E-state index in [1.54, 1.807) is 11.3 Å². The minimum absolute atomic E-state index is 0.237. The Morgan fingerprint density at radius 1 is 1.12 bits per heavy atom. The first kappa shape index (κ1) is 17.7. The van der Waals surface area contributed by atoms with Gasteiger partial charge < -0.3 is 9.47 Å². The van der Waals surface area contributed by atoms with Crippen LogP contribution in [0.1, 0.15) is 11.3 Å². The van der Waals surface area contributed by atoms with Crippen LogP contribution < -0.4 is 0 Å². The SMILES string of the molecule is O=C(CCn1cnc2ccccc21)N1CCN(Cc2ccc(Br)s2)CC1. The number of nitrogens with zero attached hydrogens (tertiary/aromatic N) is 4. The summed E-state index contributed by atoms with van der Waals surface area (Å²) in [6.07, 6.45) is 2.35. The predicted molar refractivity (Wildman–Crippen MR) is 108 cm³/mol. The molecule has 5 nitrogen and oxygen atoms in total. The van der Waals surface area contributed by atoms with E-state index in [1.807, 2.05) is 29.4 Å². The molecule has 2 aromatic heterocycles. The summed E-state index contributed by atoms with van der Waals surface area (Å²) in [5.41, 5.74) is 2.07. The molecule has 26 heavy (non-hydrogen) atoms. The first-order valence-corrected chi connectivity index (χ1v) is 10.4. The molecule has 0 unspecified atom stereocenters. The summed E-state index contributed by atoms with van der Waals surface area (Å²) in [5.74, 6) is 0.237. The number of piperazine rings is 1. The number of halogens is 1. The van der Waals surface area contributed by atoms with Gasteiger partial charge in [0.2, 0.25) is 5.91 Å². The Morgan fingerprint density at radius 2 is 1.92 bits per heavy atom. The highest BCUT2D eigenvalue weighted by Crippen LogP contribution is 2.23. The fraction of sp³-hybridized carbons (Fsp3) is 0.368. The Hall–Kier alpha value is -1.70. The molecule has 1 aliphatic rings. The molecule has 0 spiro atoms. The van der Waals surface area contributed by atoms with Crippen molar-refractivity contribution in [1.82, 2.24) is 19.4 Å². The molecule has 136 valence electrons. The van der Waals surface area contributed by atoms with Crippen LogP contribution in [-0.2, 0) is 17.9 Å². The number of carbonyl (C=O) groups is 1. The minimum atomic E-state index is 0.237. The summed E-state index contributed by atoms with van der Waals surface area (Å²) < 4.78 is 3.24. The molecular formula is C19H21BrN4OS. The number of amides is 1. The summed E-state index contributed by atoms with van der Waals surface area (Å²) >= 11 is 5.30. The Kier molecular flexibility index (Phi) is 5.38. The topological polar surface area (TPSA) is 41.4 Å². The lowest BCUT2D eigenvalue weighted by atomic mass is 10.2. The molecule has 1 aliphatic heterocycles. The molecule has 1 fully saturated rings. The number of benzene rings is 1. The molecular weight excluding hydrogens is 412 g/mol. The van der Waals surface area contributed by atoms with Crippen LogP contribution in [0.25, 0.3) is 11.0 Å². The van der Waals surface area contributed by atoms with Gasteiger partial charge in [0.05, 0.1) is 21.1 Å². The Balaban J connectivity index is 1.27. The highest BCUT2D eigenvalue weighted by molar-refractivity contribution is 9.11. The third-order valence-corrected chi connectivity index (χ3v) is 6.44. The number of fused-ring (bicyclic) bond motifs is 1. The van der Waals surface area contributed by atoms with Crippen LogP contribution in [0.15, 0.2) is 46.5 Å². The maximum Gasteiger partial charge on any atom is 0.224 e. The van der Waals surface area contributed by atoms with E-state index in [0.29, 0.717) is 13.0 Å². The van der Waals surface area contributed by atoms with Gasteiger partial charge in [0.15, 0.2) is 0 Å². The fourth-order valence-electron chi connectivity index (χ4n) is 3.38. The van der Waals surface area contributed by atoms with Gasteiger partial charge in [-0.2, -0.15) is 0 Å². The summed E-state index contributed by atoms with van der Waals surface area (Å²) in [7, 11) is 0. The van der Waals surface area contributed by atoms with Gasteiger partial charge in [-0.05, 0) is 40.2 Å². The van der Waals surface area contributed by atoms with Crippen molar-refractivity contribution in [2.45, 2.75) is 19.5 Å². The largest absolute Gasteiger partial charge is 0.340 e. The van der Waals surface area contributed by atoms with Gasteiger partial charge in [-0.1, -0.05) is 12.1 Å². The van der Waals surface area contributed by atoms with E-state index in [0.717, 1.165) is 43.8 Å². The van der Waals surface area contributed by atoms with Crippen molar-refractivity contribution in [3.8, 4) is 0 Å². The van der Waals surface area contributed by atoms with Crippen molar-refractivity contribution in [1.29, 1.82) is 0 Å². The Morgan fingerprint density at radius 3 is 2.69 bits per heavy atom. The third kappa shape index (κ3) is 4.00. The maximum atomic E-state index is 12.6. The lowest BCUT2D eigenvalue weighted by Crippen LogP contribution is -2.48. The van der Waals surface area contributed by atoms with Crippen LogP contribution >= 0.6 is 27.3 Å². The van der Waals surface area contributed by atoms with Crippen molar-refractivity contribution in [2.75, 3.05) is 26.2 Å². The monoisotopic (exact) mass is 432 g/mol. The Labute approximate surface area is 165 Å². The van der Waals surface area contributed by atoms with Crippen LogP contribution in [0, 0.1) is 0 Å². The van der Waals surface area contributed by atoms with Crippen LogP contribution in [0.2, 0.25) is 0 Å². The normalized spacial score (nSPS) is 15.7. The smallest absolute Gasteiger partial charge is 0.224 e. The summed E-state index contributed by atoms with van der Waals surface area (Å²) in [6.45, 7) is 5.17. The number of imidazole rings is 1. The highest BCUT2D eigenvalue weighted by atomic mass is 79.9. The molecule has 0 N–H and O–H groups in total. The van der Waals surface area contributed by atoms with Crippen molar-refractivity contribution >= 4 is 44.2 Å².